The number of halogens is 3. The van der Waals surface area contributed by atoms with Gasteiger partial charge >= 0.3 is 0 Å². The first-order valence-corrected chi connectivity index (χ1v) is 7.95. The Labute approximate surface area is 135 Å². The molecular weight excluding hydrogens is 317 g/mol. The zero-order chi connectivity index (χ0) is 14.5. The van der Waals surface area contributed by atoms with E-state index in [-0.39, 0.29) is 0 Å². The Morgan fingerprint density at radius 3 is 2.40 bits per heavy atom. The van der Waals surface area contributed by atoms with Gasteiger partial charge in [-0.05, 0) is 19.2 Å². The molecule has 0 aliphatic carbocycles. The Hall–Kier alpha value is -0.0300. The highest BCUT2D eigenvalue weighted by Crippen LogP contribution is 2.31. The van der Waals surface area contributed by atoms with Crippen LogP contribution in [0.1, 0.15) is 5.56 Å². The molecule has 1 heterocycles. The number of nitrogens with zero attached hydrogens (tertiary/aromatic N) is 2. The molecule has 1 N–H and O–H groups in total. The Morgan fingerprint density at radius 2 is 1.70 bits per heavy atom. The minimum Gasteiger partial charge on any atom is -0.311 e. The fourth-order valence-corrected chi connectivity index (χ4v) is 2.93. The Bertz CT molecular complexity index is 446. The van der Waals surface area contributed by atoms with E-state index in [0.29, 0.717) is 21.6 Å². The Balaban J connectivity index is 1.75. The molecule has 1 aliphatic rings. The first kappa shape index (κ1) is 16.3. The molecule has 0 radical (unpaired) electrons. The summed E-state index contributed by atoms with van der Waals surface area (Å²) in [6, 6.07) is 3.51. The molecule has 0 aromatic heterocycles. The van der Waals surface area contributed by atoms with Gasteiger partial charge in [0.15, 0.2) is 0 Å². The number of piperazine rings is 1. The van der Waals surface area contributed by atoms with Crippen molar-refractivity contribution >= 4 is 34.8 Å². The lowest BCUT2D eigenvalue weighted by atomic mass is 10.2. The standard InChI is InChI=1S/C14H20Cl3N3/c1-19-6-8-20(9-7-19)5-4-18-10-11-12(15)2-3-13(16)14(11)17/h2-3,18H,4-10H2,1H3. The predicted molar refractivity (Wildman–Crippen MR) is 87.1 cm³/mol. The van der Waals surface area contributed by atoms with Crippen molar-refractivity contribution in [2.75, 3.05) is 46.3 Å². The molecule has 3 nitrogen and oxygen atoms in total. The smallest absolute Gasteiger partial charge is 0.0652 e. The second-order valence-electron chi connectivity index (χ2n) is 5.14. The third kappa shape index (κ3) is 4.48. The molecule has 112 valence electrons. The van der Waals surface area contributed by atoms with Gasteiger partial charge < -0.3 is 10.2 Å². The van der Waals surface area contributed by atoms with Gasteiger partial charge in [0.1, 0.15) is 0 Å². The molecule has 6 heteroatoms. The lowest BCUT2D eigenvalue weighted by Gasteiger charge is -2.32. The van der Waals surface area contributed by atoms with Crippen LogP contribution in [-0.2, 0) is 6.54 Å². The average Bonchev–Trinajstić information content (AvgIpc) is 2.44. The first-order chi connectivity index (χ1) is 9.58. The van der Waals surface area contributed by atoms with Gasteiger partial charge in [0.05, 0.1) is 10.0 Å². The molecule has 1 aromatic rings. The Kier molecular flexibility index (Phi) is 6.40. The van der Waals surface area contributed by atoms with Crippen molar-refractivity contribution in [1.29, 1.82) is 0 Å². The number of rotatable bonds is 5. The molecular formula is C14H20Cl3N3. The third-order valence-electron chi connectivity index (χ3n) is 3.64. The molecule has 0 atom stereocenters. The van der Waals surface area contributed by atoms with Gasteiger partial charge in [-0.25, -0.2) is 0 Å². The van der Waals surface area contributed by atoms with Crippen LogP contribution in [0, 0.1) is 0 Å². The minimum atomic E-state index is 0.547. The van der Waals surface area contributed by atoms with E-state index in [2.05, 4.69) is 22.2 Å². The van der Waals surface area contributed by atoms with Crippen LogP contribution < -0.4 is 5.32 Å². The maximum Gasteiger partial charge on any atom is 0.0652 e. The van der Waals surface area contributed by atoms with E-state index in [1.165, 1.54) is 0 Å². The van der Waals surface area contributed by atoms with Crippen LogP contribution in [-0.4, -0.2) is 56.1 Å². The van der Waals surface area contributed by atoms with Gasteiger partial charge in [0, 0.05) is 56.4 Å². The summed E-state index contributed by atoms with van der Waals surface area (Å²) in [5, 5.41) is 5.14. The zero-order valence-corrected chi connectivity index (χ0v) is 13.9. The van der Waals surface area contributed by atoms with Crippen LogP contribution in [0.4, 0.5) is 0 Å². The van der Waals surface area contributed by atoms with Crippen LogP contribution in [0.3, 0.4) is 0 Å². The molecule has 0 saturated carbocycles. The highest BCUT2D eigenvalue weighted by atomic mass is 35.5. The summed E-state index contributed by atoms with van der Waals surface area (Å²) < 4.78 is 0. The van der Waals surface area contributed by atoms with Crippen molar-refractivity contribution in [3.8, 4) is 0 Å². The van der Waals surface area contributed by atoms with Crippen LogP contribution >= 0.6 is 34.8 Å². The van der Waals surface area contributed by atoms with E-state index in [1.54, 1.807) is 12.1 Å². The summed E-state index contributed by atoms with van der Waals surface area (Å²) in [6.07, 6.45) is 0. The number of likely N-dealkylation sites (N-methyl/N-ethyl adjacent to an activating group) is 1. The SMILES string of the molecule is CN1CCN(CCNCc2c(Cl)ccc(Cl)c2Cl)CC1. The number of benzene rings is 1. The predicted octanol–water partition coefficient (Wildman–Crippen LogP) is 2.98. The second-order valence-corrected chi connectivity index (χ2v) is 6.34. The van der Waals surface area contributed by atoms with Gasteiger partial charge in [-0.1, -0.05) is 34.8 Å². The molecule has 0 amide bonds. The lowest BCUT2D eigenvalue weighted by Crippen LogP contribution is -2.46. The largest absolute Gasteiger partial charge is 0.311 e. The fourth-order valence-electron chi connectivity index (χ4n) is 2.25. The summed E-state index contributed by atoms with van der Waals surface area (Å²) in [6.45, 7) is 7.17. The van der Waals surface area contributed by atoms with E-state index in [4.69, 9.17) is 34.8 Å². The van der Waals surface area contributed by atoms with E-state index < -0.39 is 0 Å². The van der Waals surface area contributed by atoms with Crippen molar-refractivity contribution in [3.63, 3.8) is 0 Å². The second kappa shape index (κ2) is 7.83. The zero-order valence-electron chi connectivity index (χ0n) is 11.6. The highest BCUT2D eigenvalue weighted by molar-refractivity contribution is 6.44. The maximum atomic E-state index is 6.17. The highest BCUT2D eigenvalue weighted by Gasteiger charge is 2.13. The normalized spacial score (nSPS) is 17.6. The van der Waals surface area contributed by atoms with Crippen LogP contribution in [0.25, 0.3) is 0 Å². The maximum absolute atomic E-state index is 6.17. The first-order valence-electron chi connectivity index (χ1n) is 6.82. The molecule has 1 aromatic carbocycles. The quantitative estimate of drug-likeness (QED) is 0.659. The van der Waals surface area contributed by atoms with E-state index in [9.17, 15) is 0 Å². The molecule has 0 bridgehead atoms. The summed E-state index contributed by atoms with van der Waals surface area (Å²) in [7, 11) is 2.17. The van der Waals surface area contributed by atoms with Crippen molar-refractivity contribution in [2.45, 2.75) is 6.54 Å². The van der Waals surface area contributed by atoms with E-state index in [0.717, 1.165) is 44.8 Å². The summed E-state index contributed by atoms with van der Waals surface area (Å²) in [5.41, 5.74) is 0.874. The molecule has 1 fully saturated rings. The van der Waals surface area contributed by atoms with Crippen LogP contribution in [0.15, 0.2) is 12.1 Å². The fraction of sp³-hybridized carbons (Fsp3) is 0.571. The summed E-state index contributed by atoms with van der Waals surface area (Å²) in [4.78, 5) is 4.82. The van der Waals surface area contributed by atoms with Crippen molar-refractivity contribution < 1.29 is 0 Å². The van der Waals surface area contributed by atoms with Crippen LogP contribution in [0.2, 0.25) is 15.1 Å². The monoisotopic (exact) mass is 335 g/mol. The number of nitrogens with one attached hydrogen (secondary N) is 1. The number of hydrogen-bond donors (Lipinski definition) is 1. The molecule has 0 unspecified atom stereocenters. The van der Waals surface area contributed by atoms with E-state index in [1.807, 2.05) is 0 Å². The van der Waals surface area contributed by atoms with Crippen molar-refractivity contribution in [1.82, 2.24) is 15.1 Å². The third-order valence-corrected chi connectivity index (χ3v) is 4.84. The Morgan fingerprint density at radius 1 is 1.05 bits per heavy atom. The van der Waals surface area contributed by atoms with Crippen molar-refractivity contribution in [2.24, 2.45) is 0 Å². The van der Waals surface area contributed by atoms with Gasteiger partial charge in [-0.3, -0.25) is 4.90 Å². The lowest BCUT2D eigenvalue weighted by molar-refractivity contribution is 0.154. The van der Waals surface area contributed by atoms with Gasteiger partial charge in [0.2, 0.25) is 0 Å². The molecule has 1 aliphatic heterocycles. The van der Waals surface area contributed by atoms with Gasteiger partial charge in [0.25, 0.3) is 0 Å². The topological polar surface area (TPSA) is 18.5 Å². The van der Waals surface area contributed by atoms with Crippen LogP contribution in [0.5, 0.6) is 0 Å². The molecule has 20 heavy (non-hydrogen) atoms. The van der Waals surface area contributed by atoms with Gasteiger partial charge in [-0.15, -0.1) is 0 Å². The summed E-state index contributed by atoms with van der Waals surface area (Å²) >= 11 is 18.3. The summed E-state index contributed by atoms with van der Waals surface area (Å²) in [5.74, 6) is 0. The minimum absolute atomic E-state index is 0.547. The van der Waals surface area contributed by atoms with Crippen molar-refractivity contribution in [3.05, 3.63) is 32.8 Å². The average molecular weight is 337 g/mol. The molecule has 0 spiro atoms. The van der Waals surface area contributed by atoms with E-state index >= 15 is 0 Å². The van der Waals surface area contributed by atoms with Gasteiger partial charge in [-0.2, -0.15) is 0 Å². The molecule has 2 rings (SSSR count). The number of hydrogen-bond acceptors (Lipinski definition) is 3. The molecule has 1 saturated heterocycles.